The Bertz CT molecular complexity index is 293. The van der Waals surface area contributed by atoms with Crippen molar-refractivity contribution in [3.05, 3.63) is 35.4 Å². The molecule has 1 aliphatic rings. The van der Waals surface area contributed by atoms with E-state index in [1.54, 1.807) is 0 Å². The summed E-state index contributed by atoms with van der Waals surface area (Å²) >= 11 is 0.963. The first-order valence-electron chi connectivity index (χ1n) is 3.67. The van der Waals surface area contributed by atoms with Crippen molar-refractivity contribution < 1.29 is 4.79 Å². The SMILES string of the molecule is O=C1[SH]CCc2ccccc21. The van der Waals surface area contributed by atoms with E-state index in [1.165, 1.54) is 5.56 Å². The van der Waals surface area contributed by atoms with Gasteiger partial charge in [-0.15, -0.1) is 0 Å². The quantitative estimate of drug-likeness (QED) is 0.580. The first-order valence-corrected chi connectivity index (χ1v) is 4.75. The van der Waals surface area contributed by atoms with Crippen LogP contribution >= 0.6 is 11.8 Å². The molecule has 2 rings (SSSR count). The summed E-state index contributed by atoms with van der Waals surface area (Å²) in [6.07, 6.45) is 1.06. The number of carbonyl (C=O) groups is 1. The summed E-state index contributed by atoms with van der Waals surface area (Å²) in [6, 6.07) is 7.89. The molecule has 1 aliphatic heterocycles. The predicted octanol–water partition coefficient (Wildman–Crippen LogP) is 1.85. The minimum Gasteiger partial charge on any atom is -0.283 e. The fraction of sp³-hybridized carbons (Fsp3) is 0.222. The molecular formula is C9H9OS. The van der Waals surface area contributed by atoms with Crippen molar-refractivity contribution in [2.75, 3.05) is 5.75 Å². The highest BCUT2D eigenvalue weighted by atomic mass is 32.2. The topological polar surface area (TPSA) is 17.1 Å². The zero-order valence-corrected chi connectivity index (χ0v) is 6.97. The van der Waals surface area contributed by atoms with Crippen molar-refractivity contribution in [3.8, 4) is 0 Å². The molecule has 1 aromatic rings. The van der Waals surface area contributed by atoms with Crippen LogP contribution < -0.4 is 0 Å². The Morgan fingerprint density at radius 1 is 1.27 bits per heavy atom. The van der Waals surface area contributed by atoms with Crippen LogP contribution in [0.1, 0.15) is 15.9 Å². The van der Waals surface area contributed by atoms with Gasteiger partial charge in [-0.25, -0.2) is 0 Å². The van der Waals surface area contributed by atoms with E-state index in [0.29, 0.717) is 0 Å². The summed E-state index contributed by atoms with van der Waals surface area (Å²) in [5, 5.41) is 0.284. The van der Waals surface area contributed by atoms with E-state index in [0.717, 1.165) is 29.5 Å². The van der Waals surface area contributed by atoms with Crippen LogP contribution in [0.15, 0.2) is 24.3 Å². The summed E-state index contributed by atoms with van der Waals surface area (Å²) in [4.78, 5) is 11.3. The van der Waals surface area contributed by atoms with Crippen LogP contribution in [0.2, 0.25) is 0 Å². The molecule has 1 aromatic carbocycles. The number of hydrogen-bond donors (Lipinski definition) is 1. The minimum atomic E-state index is 0.284. The van der Waals surface area contributed by atoms with Gasteiger partial charge in [-0.05, 0) is 17.7 Å². The van der Waals surface area contributed by atoms with Crippen LogP contribution in [0.5, 0.6) is 0 Å². The number of benzene rings is 1. The van der Waals surface area contributed by atoms with E-state index in [9.17, 15) is 4.79 Å². The number of fused-ring (bicyclic) bond motifs is 1. The lowest BCUT2D eigenvalue weighted by molar-refractivity contribution is 0.108. The van der Waals surface area contributed by atoms with Crippen LogP contribution in [0.25, 0.3) is 0 Å². The fourth-order valence-electron chi connectivity index (χ4n) is 1.31. The van der Waals surface area contributed by atoms with Gasteiger partial charge in [-0.1, -0.05) is 24.3 Å². The lowest BCUT2D eigenvalue weighted by atomic mass is 10.1. The average molecular weight is 165 g/mol. The summed E-state index contributed by atoms with van der Waals surface area (Å²) in [5.74, 6) is 0.996. The zero-order chi connectivity index (χ0) is 7.68. The molecule has 1 radical (unpaired) electrons. The Morgan fingerprint density at radius 2 is 2.09 bits per heavy atom. The van der Waals surface area contributed by atoms with Crippen molar-refractivity contribution in [2.45, 2.75) is 6.42 Å². The Morgan fingerprint density at radius 3 is 2.91 bits per heavy atom. The third-order valence-corrected chi connectivity index (χ3v) is 2.86. The summed E-state index contributed by atoms with van der Waals surface area (Å²) in [6.45, 7) is 0. The highest BCUT2D eigenvalue weighted by Crippen LogP contribution is 2.23. The molecule has 2 heteroatoms. The van der Waals surface area contributed by atoms with Crippen molar-refractivity contribution in [1.82, 2.24) is 0 Å². The number of carbonyl (C=O) groups excluding carboxylic acids is 1. The normalized spacial score (nSPS) is 16.2. The van der Waals surface area contributed by atoms with E-state index < -0.39 is 0 Å². The van der Waals surface area contributed by atoms with Gasteiger partial charge in [-0.3, -0.25) is 4.79 Å². The summed E-state index contributed by atoms with van der Waals surface area (Å²) in [5.41, 5.74) is 2.15. The molecule has 0 saturated heterocycles. The second-order valence-electron chi connectivity index (χ2n) is 2.59. The van der Waals surface area contributed by atoms with Crippen LogP contribution in [-0.2, 0) is 6.42 Å². The number of rotatable bonds is 0. The Hall–Kier alpha value is -0.760. The van der Waals surface area contributed by atoms with Gasteiger partial charge in [0.2, 0.25) is 5.12 Å². The molecular weight excluding hydrogens is 156 g/mol. The average Bonchev–Trinajstić information content (AvgIpc) is 2.06. The number of aryl methyl sites for hydroxylation is 1. The standard InChI is InChI=1S/C9H9OS/c10-9-8-4-2-1-3-7(8)5-6-11-9/h1-4,11H,5-6H2. The highest BCUT2D eigenvalue weighted by molar-refractivity contribution is 8.14. The molecule has 11 heavy (non-hydrogen) atoms. The molecule has 0 fully saturated rings. The van der Waals surface area contributed by atoms with Gasteiger partial charge in [0.1, 0.15) is 0 Å². The van der Waals surface area contributed by atoms with Crippen molar-refractivity contribution >= 4 is 16.9 Å². The van der Waals surface area contributed by atoms with E-state index in [4.69, 9.17) is 0 Å². The zero-order valence-electron chi connectivity index (χ0n) is 6.08. The van der Waals surface area contributed by atoms with Crippen molar-refractivity contribution in [3.63, 3.8) is 0 Å². The predicted molar refractivity (Wildman–Crippen MR) is 48.3 cm³/mol. The third-order valence-electron chi connectivity index (χ3n) is 1.88. The van der Waals surface area contributed by atoms with Gasteiger partial charge < -0.3 is 0 Å². The number of hydrogen-bond acceptors (Lipinski definition) is 1. The maximum atomic E-state index is 11.3. The van der Waals surface area contributed by atoms with Crippen molar-refractivity contribution in [1.29, 1.82) is 0 Å². The fourth-order valence-corrected chi connectivity index (χ4v) is 2.25. The lowest BCUT2D eigenvalue weighted by Gasteiger charge is -2.13. The highest BCUT2D eigenvalue weighted by Gasteiger charge is 2.14. The smallest absolute Gasteiger partial charge is 0.207 e. The molecule has 0 N–H and O–H groups in total. The second-order valence-corrected chi connectivity index (χ2v) is 3.76. The van der Waals surface area contributed by atoms with E-state index in [2.05, 4.69) is 0 Å². The van der Waals surface area contributed by atoms with Crippen LogP contribution in [0.4, 0.5) is 0 Å². The molecule has 0 bridgehead atoms. The van der Waals surface area contributed by atoms with E-state index in [1.807, 2.05) is 24.3 Å². The van der Waals surface area contributed by atoms with Gasteiger partial charge >= 0.3 is 0 Å². The second kappa shape index (κ2) is 2.70. The maximum Gasteiger partial charge on any atom is 0.207 e. The minimum absolute atomic E-state index is 0.284. The first kappa shape index (κ1) is 6.92. The van der Waals surface area contributed by atoms with Gasteiger partial charge in [-0.2, -0.15) is 11.8 Å². The van der Waals surface area contributed by atoms with Crippen LogP contribution in [0, 0.1) is 0 Å². The van der Waals surface area contributed by atoms with Gasteiger partial charge in [0.25, 0.3) is 0 Å². The largest absolute Gasteiger partial charge is 0.283 e. The van der Waals surface area contributed by atoms with Crippen LogP contribution in [-0.4, -0.2) is 10.9 Å². The molecule has 0 unspecified atom stereocenters. The molecule has 1 heterocycles. The molecule has 0 amide bonds. The van der Waals surface area contributed by atoms with Gasteiger partial charge in [0, 0.05) is 5.56 Å². The summed E-state index contributed by atoms with van der Waals surface area (Å²) in [7, 11) is 0. The molecule has 57 valence electrons. The lowest BCUT2D eigenvalue weighted by Crippen LogP contribution is -2.08. The number of thiol groups is 1. The molecule has 0 aromatic heterocycles. The third kappa shape index (κ3) is 1.18. The molecule has 0 atom stereocenters. The Kier molecular flexibility index (Phi) is 1.70. The first-order chi connectivity index (χ1) is 5.38. The van der Waals surface area contributed by atoms with Gasteiger partial charge in [0.05, 0.1) is 0 Å². The Labute approximate surface area is 69.8 Å². The van der Waals surface area contributed by atoms with E-state index in [-0.39, 0.29) is 5.12 Å². The monoisotopic (exact) mass is 165 g/mol. The molecule has 1 nitrogen and oxygen atoms in total. The molecule has 0 aliphatic carbocycles. The maximum absolute atomic E-state index is 11.3. The molecule has 0 spiro atoms. The van der Waals surface area contributed by atoms with E-state index >= 15 is 0 Å². The van der Waals surface area contributed by atoms with Gasteiger partial charge in [0.15, 0.2) is 0 Å². The Balaban J connectivity index is 2.52. The van der Waals surface area contributed by atoms with Crippen molar-refractivity contribution in [2.24, 2.45) is 0 Å². The molecule has 0 saturated carbocycles. The van der Waals surface area contributed by atoms with Crippen LogP contribution in [0.3, 0.4) is 0 Å². The summed E-state index contributed by atoms with van der Waals surface area (Å²) < 4.78 is 0.